The maximum absolute atomic E-state index is 12.6. The summed E-state index contributed by atoms with van der Waals surface area (Å²) in [5.74, 6) is -0.892. The highest BCUT2D eigenvalue weighted by Gasteiger charge is 2.13. The first kappa shape index (κ1) is 10.2. The van der Waals surface area contributed by atoms with Gasteiger partial charge in [-0.2, -0.15) is 0 Å². The van der Waals surface area contributed by atoms with Gasteiger partial charge in [-0.3, -0.25) is 0 Å². The van der Waals surface area contributed by atoms with E-state index in [1.165, 1.54) is 30.3 Å². The van der Waals surface area contributed by atoms with Crippen LogP contribution in [0, 0.1) is 5.82 Å². The van der Waals surface area contributed by atoms with E-state index in [0.717, 1.165) is 0 Å². The number of hydrogen-bond acceptors (Lipinski definition) is 5. The average Bonchev–Trinajstić information content (AvgIpc) is 2.68. The zero-order valence-corrected chi connectivity index (χ0v) is 8.01. The van der Waals surface area contributed by atoms with Crippen molar-refractivity contribution >= 4 is 11.9 Å². The number of nitrogen functional groups attached to an aromatic ring is 1. The summed E-state index contributed by atoms with van der Waals surface area (Å²) >= 11 is 0. The maximum atomic E-state index is 12.6. The average molecular weight is 222 g/mol. The third-order valence-corrected chi connectivity index (χ3v) is 1.76. The number of benzene rings is 1. The Morgan fingerprint density at radius 1 is 1.38 bits per heavy atom. The molecule has 2 N–H and O–H groups in total. The molecule has 16 heavy (non-hydrogen) atoms. The Morgan fingerprint density at radius 3 is 2.62 bits per heavy atom. The molecule has 0 aliphatic carbocycles. The normalized spacial score (nSPS) is 10.1. The molecule has 0 saturated heterocycles. The van der Waals surface area contributed by atoms with Gasteiger partial charge in [-0.1, -0.05) is 5.16 Å². The highest BCUT2D eigenvalue weighted by Crippen LogP contribution is 2.14. The van der Waals surface area contributed by atoms with Crippen molar-refractivity contribution in [2.24, 2.45) is 0 Å². The van der Waals surface area contributed by atoms with Gasteiger partial charge >= 0.3 is 5.97 Å². The second kappa shape index (κ2) is 4.01. The summed E-state index contributed by atoms with van der Waals surface area (Å²) < 4.78 is 22.0. The van der Waals surface area contributed by atoms with Crippen molar-refractivity contribution in [3.05, 3.63) is 41.8 Å². The van der Waals surface area contributed by atoms with Crippen LogP contribution in [-0.4, -0.2) is 11.1 Å². The molecule has 1 heterocycles. The lowest BCUT2D eigenvalue weighted by Crippen LogP contribution is -2.08. The summed E-state index contributed by atoms with van der Waals surface area (Å²) in [4.78, 5) is 11.4. The molecule has 0 unspecified atom stereocenters. The molecule has 0 bridgehead atoms. The predicted molar refractivity (Wildman–Crippen MR) is 52.3 cm³/mol. The van der Waals surface area contributed by atoms with Gasteiger partial charge in [0.2, 0.25) is 5.88 Å². The van der Waals surface area contributed by atoms with E-state index in [1.54, 1.807) is 0 Å². The van der Waals surface area contributed by atoms with Gasteiger partial charge in [0, 0.05) is 6.07 Å². The fraction of sp³-hybridized carbons (Fsp3) is 0. The van der Waals surface area contributed by atoms with E-state index >= 15 is 0 Å². The van der Waals surface area contributed by atoms with Crippen LogP contribution in [0.5, 0.6) is 5.75 Å². The first-order valence-corrected chi connectivity index (χ1v) is 4.35. The lowest BCUT2D eigenvalue weighted by Gasteiger charge is -2.00. The predicted octanol–water partition coefficient (Wildman–Crippen LogP) is 1.62. The number of halogens is 1. The van der Waals surface area contributed by atoms with Crippen LogP contribution in [0.15, 0.2) is 34.9 Å². The lowest BCUT2D eigenvalue weighted by molar-refractivity contribution is 0.0724. The molecule has 0 spiro atoms. The number of nitrogens with two attached hydrogens (primary N) is 1. The first-order chi connectivity index (χ1) is 7.65. The van der Waals surface area contributed by atoms with Crippen LogP contribution in [0.2, 0.25) is 0 Å². The van der Waals surface area contributed by atoms with E-state index in [2.05, 4.69) is 9.68 Å². The van der Waals surface area contributed by atoms with Gasteiger partial charge in [-0.25, -0.2) is 9.18 Å². The van der Waals surface area contributed by atoms with Crippen molar-refractivity contribution in [3.63, 3.8) is 0 Å². The van der Waals surface area contributed by atoms with Crippen molar-refractivity contribution in [2.75, 3.05) is 5.73 Å². The fourth-order valence-electron chi connectivity index (χ4n) is 1.05. The van der Waals surface area contributed by atoms with Gasteiger partial charge in [0.15, 0.2) is 5.69 Å². The van der Waals surface area contributed by atoms with Crippen LogP contribution in [0.4, 0.5) is 10.3 Å². The second-order valence-electron chi connectivity index (χ2n) is 2.96. The van der Waals surface area contributed by atoms with E-state index in [0.29, 0.717) is 0 Å². The molecule has 0 aliphatic heterocycles. The number of nitrogens with zero attached hydrogens (tertiary/aromatic N) is 1. The van der Waals surface area contributed by atoms with Gasteiger partial charge in [0.1, 0.15) is 11.6 Å². The quantitative estimate of drug-likeness (QED) is 0.617. The summed E-state index contributed by atoms with van der Waals surface area (Å²) in [6, 6.07) is 6.26. The maximum Gasteiger partial charge on any atom is 0.366 e. The minimum atomic E-state index is -0.716. The zero-order valence-electron chi connectivity index (χ0n) is 8.01. The number of esters is 1. The first-order valence-electron chi connectivity index (χ1n) is 4.35. The standard InChI is InChI=1S/C10H7FN2O3/c11-6-1-3-7(4-2-6)15-10(14)8-5-9(12)16-13-8/h1-5H,12H2. The largest absolute Gasteiger partial charge is 0.422 e. The molecule has 0 radical (unpaired) electrons. The third-order valence-electron chi connectivity index (χ3n) is 1.76. The Labute approximate surface area is 89.6 Å². The molecule has 1 aromatic carbocycles. The van der Waals surface area contributed by atoms with E-state index in [-0.39, 0.29) is 17.3 Å². The third kappa shape index (κ3) is 2.17. The van der Waals surface area contributed by atoms with Crippen LogP contribution in [0.1, 0.15) is 10.5 Å². The van der Waals surface area contributed by atoms with Gasteiger partial charge in [-0.15, -0.1) is 0 Å². The minimum Gasteiger partial charge on any atom is -0.422 e. The van der Waals surface area contributed by atoms with Gasteiger partial charge in [-0.05, 0) is 24.3 Å². The number of aromatic nitrogens is 1. The van der Waals surface area contributed by atoms with Gasteiger partial charge in [0.25, 0.3) is 0 Å². The number of hydrogen-bond donors (Lipinski definition) is 1. The summed E-state index contributed by atoms with van der Waals surface area (Å²) in [6.07, 6.45) is 0. The van der Waals surface area contributed by atoms with Crippen molar-refractivity contribution < 1.29 is 18.4 Å². The number of carbonyl (C=O) groups excluding carboxylic acids is 1. The van der Waals surface area contributed by atoms with E-state index in [1.807, 2.05) is 0 Å². The Kier molecular flexibility index (Phi) is 2.55. The van der Waals surface area contributed by atoms with Crippen molar-refractivity contribution in [1.29, 1.82) is 0 Å². The number of anilines is 1. The molecule has 0 atom stereocenters. The summed E-state index contributed by atoms with van der Waals surface area (Å²) in [5, 5.41) is 3.38. The van der Waals surface area contributed by atoms with E-state index < -0.39 is 11.8 Å². The molecule has 6 heteroatoms. The summed E-state index contributed by atoms with van der Waals surface area (Å²) in [5.41, 5.74) is 5.20. The number of ether oxygens (including phenoxy) is 1. The molecule has 2 aromatic rings. The second-order valence-corrected chi connectivity index (χ2v) is 2.96. The summed E-state index contributed by atoms with van der Waals surface area (Å²) in [6.45, 7) is 0. The molecule has 0 fully saturated rings. The number of rotatable bonds is 2. The molecule has 0 saturated carbocycles. The molecule has 5 nitrogen and oxygen atoms in total. The lowest BCUT2D eigenvalue weighted by atomic mass is 10.3. The van der Waals surface area contributed by atoms with Crippen LogP contribution in [-0.2, 0) is 0 Å². The summed E-state index contributed by atoms with van der Waals surface area (Å²) in [7, 11) is 0. The fourth-order valence-corrected chi connectivity index (χ4v) is 1.05. The molecule has 0 aliphatic rings. The minimum absolute atomic E-state index is 0.0195. The molecular formula is C10H7FN2O3. The Hall–Kier alpha value is -2.37. The molecule has 2 rings (SSSR count). The topological polar surface area (TPSA) is 78.4 Å². The SMILES string of the molecule is Nc1cc(C(=O)Oc2ccc(F)cc2)no1. The molecule has 0 amide bonds. The van der Waals surface area contributed by atoms with Crippen molar-refractivity contribution in [2.45, 2.75) is 0 Å². The molecular weight excluding hydrogens is 215 g/mol. The Morgan fingerprint density at radius 2 is 2.06 bits per heavy atom. The number of carbonyl (C=O) groups is 1. The molecule has 82 valence electrons. The van der Waals surface area contributed by atoms with Crippen molar-refractivity contribution in [1.82, 2.24) is 5.16 Å². The van der Waals surface area contributed by atoms with E-state index in [4.69, 9.17) is 10.5 Å². The highest BCUT2D eigenvalue weighted by atomic mass is 19.1. The Bertz CT molecular complexity index is 507. The van der Waals surface area contributed by atoms with Crippen LogP contribution >= 0.6 is 0 Å². The van der Waals surface area contributed by atoms with Crippen LogP contribution < -0.4 is 10.5 Å². The molecule has 1 aromatic heterocycles. The zero-order chi connectivity index (χ0) is 11.5. The van der Waals surface area contributed by atoms with Crippen molar-refractivity contribution in [3.8, 4) is 5.75 Å². The highest BCUT2D eigenvalue weighted by molar-refractivity contribution is 5.89. The van der Waals surface area contributed by atoms with Crippen LogP contribution in [0.3, 0.4) is 0 Å². The van der Waals surface area contributed by atoms with Crippen LogP contribution in [0.25, 0.3) is 0 Å². The monoisotopic (exact) mass is 222 g/mol. The smallest absolute Gasteiger partial charge is 0.366 e. The van der Waals surface area contributed by atoms with Gasteiger partial charge < -0.3 is 15.0 Å². The van der Waals surface area contributed by atoms with E-state index in [9.17, 15) is 9.18 Å². The van der Waals surface area contributed by atoms with Gasteiger partial charge in [0.05, 0.1) is 0 Å². The Balaban J connectivity index is 2.10.